The van der Waals surface area contributed by atoms with Crippen LogP contribution < -0.4 is 10.1 Å². The number of nitrogens with one attached hydrogen (secondary N) is 1. The Hall–Kier alpha value is -2.84. The largest absolute Gasteiger partial charge is 0.497 e. The first-order valence-electron chi connectivity index (χ1n) is 9.39. The second-order valence-electron chi connectivity index (χ2n) is 6.71. The van der Waals surface area contributed by atoms with Crippen molar-refractivity contribution >= 4 is 15.7 Å². The fourth-order valence-electron chi connectivity index (χ4n) is 3.18. The van der Waals surface area contributed by atoms with Crippen molar-refractivity contribution in [3.05, 3.63) is 54.6 Å². The molecule has 0 aliphatic carbocycles. The van der Waals surface area contributed by atoms with Crippen molar-refractivity contribution in [2.24, 2.45) is 0 Å². The number of hydrogen-bond acceptors (Lipinski definition) is 7. The zero-order valence-corrected chi connectivity index (χ0v) is 16.8. The van der Waals surface area contributed by atoms with E-state index in [4.69, 9.17) is 13.9 Å². The molecule has 152 valence electrons. The Balaban J connectivity index is 1.71. The van der Waals surface area contributed by atoms with Gasteiger partial charge < -0.3 is 19.2 Å². The fourth-order valence-corrected chi connectivity index (χ4v) is 4.48. The molecule has 1 fully saturated rings. The third-order valence-corrected chi connectivity index (χ3v) is 6.43. The predicted octanol–water partition coefficient (Wildman–Crippen LogP) is 3.77. The summed E-state index contributed by atoms with van der Waals surface area (Å²) in [5, 5.41) is 2.95. The Kier molecular flexibility index (Phi) is 5.55. The van der Waals surface area contributed by atoms with Gasteiger partial charge in [0.05, 0.1) is 18.1 Å². The van der Waals surface area contributed by atoms with Crippen molar-refractivity contribution in [3.63, 3.8) is 0 Å². The zero-order chi connectivity index (χ0) is 20.3. The van der Waals surface area contributed by atoms with Gasteiger partial charge in [-0.1, -0.05) is 18.2 Å². The summed E-state index contributed by atoms with van der Waals surface area (Å²) in [6.07, 6.45) is 1.94. The Morgan fingerprint density at radius 1 is 1.14 bits per heavy atom. The Morgan fingerprint density at radius 3 is 2.55 bits per heavy atom. The van der Waals surface area contributed by atoms with Gasteiger partial charge in [0.15, 0.2) is 0 Å². The molecule has 7 nitrogen and oxygen atoms in total. The number of aromatic nitrogens is 1. The number of ether oxygens (including phenoxy) is 2. The molecule has 0 unspecified atom stereocenters. The number of rotatable bonds is 7. The van der Waals surface area contributed by atoms with Crippen LogP contribution in [0.5, 0.6) is 5.75 Å². The SMILES string of the molecule is COc1ccc(-c2nc(S(=O)(=O)c3ccccc3)c(NC[C@@H]3CCCO3)o2)cc1. The number of methoxy groups -OCH3 is 1. The van der Waals surface area contributed by atoms with Gasteiger partial charge in [0.2, 0.25) is 26.6 Å². The molecule has 0 spiro atoms. The molecule has 1 aromatic heterocycles. The van der Waals surface area contributed by atoms with E-state index in [0.717, 1.165) is 19.4 Å². The monoisotopic (exact) mass is 414 g/mol. The minimum absolute atomic E-state index is 0.0248. The van der Waals surface area contributed by atoms with Crippen molar-refractivity contribution in [1.82, 2.24) is 4.98 Å². The number of sulfone groups is 1. The van der Waals surface area contributed by atoms with Crippen LogP contribution in [-0.2, 0) is 14.6 Å². The van der Waals surface area contributed by atoms with Crippen LogP contribution in [0.1, 0.15) is 12.8 Å². The van der Waals surface area contributed by atoms with Crippen molar-refractivity contribution in [2.45, 2.75) is 28.9 Å². The molecule has 1 atom stereocenters. The molecular weight excluding hydrogens is 392 g/mol. The van der Waals surface area contributed by atoms with E-state index in [1.54, 1.807) is 61.7 Å². The first-order valence-corrected chi connectivity index (χ1v) is 10.9. The lowest BCUT2D eigenvalue weighted by Gasteiger charge is -2.10. The lowest BCUT2D eigenvalue weighted by molar-refractivity contribution is 0.120. The molecule has 2 aromatic carbocycles. The highest BCUT2D eigenvalue weighted by Gasteiger charge is 2.29. The molecule has 1 N–H and O–H groups in total. The molecule has 8 heteroatoms. The highest BCUT2D eigenvalue weighted by molar-refractivity contribution is 7.91. The van der Waals surface area contributed by atoms with Crippen LogP contribution >= 0.6 is 0 Å². The molecule has 0 saturated carbocycles. The number of benzene rings is 2. The second kappa shape index (κ2) is 8.26. The standard InChI is InChI=1S/C21H22N2O5S/c1-26-16-11-9-15(10-12-16)19-23-21(29(24,25)18-7-3-2-4-8-18)20(28-19)22-14-17-6-5-13-27-17/h2-4,7-12,17,22H,5-6,13-14H2,1H3/t17-/m0/s1. The average Bonchev–Trinajstić information content (AvgIpc) is 3.43. The van der Waals surface area contributed by atoms with E-state index >= 15 is 0 Å². The lowest BCUT2D eigenvalue weighted by atomic mass is 10.2. The minimum atomic E-state index is -3.85. The van der Waals surface area contributed by atoms with Gasteiger partial charge in [-0.25, -0.2) is 8.42 Å². The topological polar surface area (TPSA) is 90.7 Å². The third-order valence-electron chi connectivity index (χ3n) is 4.76. The van der Waals surface area contributed by atoms with Gasteiger partial charge in [-0.05, 0) is 49.2 Å². The molecule has 29 heavy (non-hydrogen) atoms. The van der Waals surface area contributed by atoms with Gasteiger partial charge in [0.25, 0.3) is 0 Å². The van der Waals surface area contributed by atoms with E-state index in [0.29, 0.717) is 17.9 Å². The number of oxazole rings is 1. The minimum Gasteiger partial charge on any atom is -0.497 e. The smallest absolute Gasteiger partial charge is 0.233 e. The zero-order valence-electron chi connectivity index (χ0n) is 16.0. The van der Waals surface area contributed by atoms with E-state index in [9.17, 15) is 8.42 Å². The molecule has 4 rings (SSSR count). The van der Waals surface area contributed by atoms with Crippen LogP contribution in [0.4, 0.5) is 5.88 Å². The summed E-state index contributed by atoms with van der Waals surface area (Å²) >= 11 is 0. The highest BCUT2D eigenvalue weighted by Crippen LogP contribution is 2.33. The first-order chi connectivity index (χ1) is 14.1. The Morgan fingerprint density at radius 2 is 1.90 bits per heavy atom. The van der Waals surface area contributed by atoms with Crippen molar-refractivity contribution in [1.29, 1.82) is 0 Å². The van der Waals surface area contributed by atoms with Gasteiger partial charge in [-0.2, -0.15) is 4.98 Å². The van der Waals surface area contributed by atoms with E-state index < -0.39 is 9.84 Å². The van der Waals surface area contributed by atoms with Gasteiger partial charge >= 0.3 is 0 Å². The number of anilines is 1. The summed E-state index contributed by atoms with van der Waals surface area (Å²) in [5.74, 6) is 1.03. The summed E-state index contributed by atoms with van der Waals surface area (Å²) in [5.41, 5.74) is 0.653. The van der Waals surface area contributed by atoms with Crippen LogP contribution in [-0.4, -0.2) is 39.8 Å². The van der Waals surface area contributed by atoms with Gasteiger partial charge in [-0.3, -0.25) is 0 Å². The van der Waals surface area contributed by atoms with Crippen LogP contribution in [0.2, 0.25) is 0 Å². The molecule has 0 bridgehead atoms. The molecule has 0 amide bonds. The normalized spacial score (nSPS) is 16.7. The number of nitrogens with zero attached hydrogens (tertiary/aromatic N) is 1. The maximum absolute atomic E-state index is 13.2. The van der Waals surface area contributed by atoms with Crippen LogP contribution in [0.25, 0.3) is 11.5 Å². The Bertz CT molecular complexity index is 1060. The molecular formula is C21H22N2O5S. The molecule has 3 aromatic rings. The summed E-state index contributed by atoms with van der Waals surface area (Å²) < 4.78 is 43.0. The molecule has 2 heterocycles. The molecule has 1 aliphatic rings. The maximum atomic E-state index is 13.2. The van der Waals surface area contributed by atoms with Gasteiger partial charge in [0, 0.05) is 18.7 Å². The fraction of sp³-hybridized carbons (Fsp3) is 0.286. The quantitative estimate of drug-likeness (QED) is 0.629. The molecule has 1 saturated heterocycles. The highest BCUT2D eigenvalue weighted by atomic mass is 32.2. The predicted molar refractivity (Wildman–Crippen MR) is 108 cm³/mol. The van der Waals surface area contributed by atoms with Crippen LogP contribution in [0.3, 0.4) is 0 Å². The number of hydrogen-bond donors (Lipinski definition) is 1. The van der Waals surface area contributed by atoms with Crippen molar-refractivity contribution in [2.75, 3.05) is 25.6 Å². The van der Waals surface area contributed by atoms with E-state index in [1.165, 1.54) is 0 Å². The summed E-state index contributed by atoms with van der Waals surface area (Å²) in [6, 6.07) is 15.3. The summed E-state index contributed by atoms with van der Waals surface area (Å²) in [6.45, 7) is 1.17. The van der Waals surface area contributed by atoms with Crippen molar-refractivity contribution < 1.29 is 22.3 Å². The maximum Gasteiger partial charge on any atom is 0.233 e. The van der Waals surface area contributed by atoms with Gasteiger partial charge in [0.1, 0.15) is 5.75 Å². The lowest BCUT2D eigenvalue weighted by Crippen LogP contribution is -2.19. The van der Waals surface area contributed by atoms with Gasteiger partial charge in [-0.15, -0.1) is 0 Å². The van der Waals surface area contributed by atoms with E-state index in [1.807, 2.05) is 0 Å². The van der Waals surface area contributed by atoms with E-state index in [-0.39, 0.29) is 27.8 Å². The first kappa shape index (κ1) is 19.5. The molecule has 1 aliphatic heterocycles. The second-order valence-corrected chi connectivity index (χ2v) is 8.58. The summed E-state index contributed by atoms with van der Waals surface area (Å²) in [4.78, 5) is 4.49. The molecule has 0 radical (unpaired) electrons. The van der Waals surface area contributed by atoms with E-state index in [2.05, 4.69) is 10.3 Å². The van der Waals surface area contributed by atoms with Crippen molar-refractivity contribution in [3.8, 4) is 17.2 Å². The third kappa shape index (κ3) is 4.13. The average molecular weight is 414 g/mol. The Labute approximate surface area is 169 Å². The van der Waals surface area contributed by atoms with Crippen LogP contribution in [0, 0.1) is 0 Å². The van der Waals surface area contributed by atoms with Crippen LogP contribution in [0.15, 0.2) is 68.9 Å². The summed E-state index contributed by atoms with van der Waals surface area (Å²) in [7, 11) is -2.27.